The highest BCUT2D eigenvalue weighted by atomic mass is 16.5. The third-order valence-electron chi connectivity index (χ3n) is 5.89. The van der Waals surface area contributed by atoms with Crippen molar-refractivity contribution < 1.29 is 19.1 Å². The lowest BCUT2D eigenvalue weighted by Gasteiger charge is -2.24. The number of nitrogens with zero attached hydrogens (tertiary/aromatic N) is 3. The molecule has 0 aliphatic rings. The van der Waals surface area contributed by atoms with Crippen molar-refractivity contribution in [2.75, 3.05) is 32.6 Å². The van der Waals surface area contributed by atoms with Crippen LogP contribution < -0.4 is 14.8 Å². The van der Waals surface area contributed by atoms with E-state index in [4.69, 9.17) is 14.6 Å². The van der Waals surface area contributed by atoms with Crippen molar-refractivity contribution in [1.82, 2.24) is 14.7 Å². The number of methoxy groups -OCH3 is 2. The molecule has 0 spiro atoms. The molecule has 0 saturated carbocycles. The van der Waals surface area contributed by atoms with E-state index >= 15 is 0 Å². The van der Waals surface area contributed by atoms with Crippen LogP contribution in [0.25, 0.3) is 5.69 Å². The van der Waals surface area contributed by atoms with Crippen molar-refractivity contribution in [1.29, 1.82) is 0 Å². The number of carbonyl (C=O) groups excluding carboxylic acids is 2. The lowest BCUT2D eigenvalue weighted by Crippen LogP contribution is -2.40. The number of nitrogens with one attached hydrogen (secondary N) is 1. The quantitative estimate of drug-likeness (QED) is 0.429. The van der Waals surface area contributed by atoms with E-state index in [0.717, 1.165) is 16.9 Å². The number of amides is 2. The lowest BCUT2D eigenvalue weighted by molar-refractivity contribution is -0.117. The zero-order chi connectivity index (χ0) is 27.3. The Morgan fingerprint density at radius 3 is 2.19 bits per heavy atom. The van der Waals surface area contributed by atoms with Gasteiger partial charge in [-0.05, 0) is 36.6 Å². The first-order valence-corrected chi connectivity index (χ1v) is 12.4. The Morgan fingerprint density at radius 2 is 1.65 bits per heavy atom. The topological polar surface area (TPSA) is 85.7 Å². The Morgan fingerprint density at radius 1 is 1.03 bits per heavy atom. The van der Waals surface area contributed by atoms with Gasteiger partial charge in [0.25, 0.3) is 5.91 Å². The number of rotatable bonds is 9. The summed E-state index contributed by atoms with van der Waals surface area (Å²) in [7, 11) is 3.07. The van der Waals surface area contributed by atoms with Crippen LogP contribution in [0.4, 0.5) is 5.82 Å². The van der Waals surface area contributed by atoms with Gasteiger partial charge in [0.2, 0.25) is 5.91 Å². The van der Waals surface area contributed by atoms with Crippen molar-refractivity contribution in [3.63, 3.8) is 0 Å². The largest absolute Gasteiger partial charge is 0.497 e. The smallest absolute Gasteiger partial charge is 0.254 e. The molecule has 1 heterocycles. The van der Waals surface area contributed by atoms with Gasteiger partial charge in [0, 0.05) is 29.7 Å². The molecule has 0 radical (unpaired) electrons. The Labute approximate surface area is 219 Å². The standard InChI is InChI=1S/C29H38N4O4/c1-19(2)17-32(28(35)21-13-22(36-7)15-23(14-21)37-8)18-27(34)30-26-16-25(29(4,5)6)31-33(26)24-12-10-9-11-20(24)3/h9-16,19H,17-18H2,1-8H3,(H,30,34). The van der Waals surface area contributed by atoms with E-state index in [1.54, 1.807) is 27.8 Å². The zero-order valence-electron chi connectivity index (χ0n) is 23.1. The predicted octanol–water partition coefficient (Wildman–Crippen LogP) is 5.23. The lowest BCUT2D eigenvalue weighted by atomic mass is 9.92. The molecule has 8 nitrogen and oxygen atoms in total. The van der Waals surface area contributed by atoms with E-state index < -0.39 is 0 Å². The number of anilines is 1. The summed E-state index contributed by atoms with van der Waals surface area (Å²) in [5.74, 6) is 1.16. The molecule has 1 N–H and O–H groups in total. The fourth-order valence-corrected chi connectivity index (χ4v) is 3.95. The summed E-state index contributed by atoms with van der Waals surface area (Å²) in [6.07, 6.45) is 0. The van der Waals surface area contributed by atoms with Gasteiger partial charge in [0.05, 0.1) is 25.6 Å². The third kappa shape index (κ3) is 6.90. The Bertz CT molecular complexity index is 1230. The van der Waals surface area contributed by atoms with Crippen LogP contribution in [0.15, 0.2) is 48.5 Å². The second kappa shape index (κ2) is 11.5. The number of hydrogen-bond donors (Lipinski definition) is 1. The van der Waals surface area contributed by atoms with Gasteiger partial charge in [0.15, 0.2) is 0 Å². The molecule has 3 rings (SSSR count). The van der Waals surface area contributed by atoms with Crippen LogP contribution in [0.2, 0.25) is 0 Å². The minimum absolute atomic E-state index is 0.111. The first kappa shape index (κ1) is 27.8. The maximum absolute atomic E-state index is 13.5. The molecule has 0 unspecified atom stereocenters. The summed E-state index contributed by atoms with van der Waals surface area (Å²) in [5, 5.41) is 7.81. The van der Waals surface area contributed by atoms with E-state index in [-0.39, 0.29) is 29.7 Å². The van der Waals surface area contributed by atoms with E-state index in [1.807, 2.05) is 51.1 Å². The predicted molar refractivity (Wildman–Crippen MR) is 146 cm³/mol. The highest BCUT2D eigenvalue weighted by Gasteiger charge is 2.25. The molecule has 8 heteroatoms. The number of benzene rings is 2. The molecule has 0 fully saturated rings. The number of hydrogen-bond acceptors (Lipinski definition) is 5. The highest BCUT2D eigenvalue weighted by Crippen LogP contribution is 2.28. The van der Waals surface area contributed by atoms with Crippen molar-refractivity contribution >= 4 is 17.6 Å². The van der Waals surface area contributed by atoms with Gasteiger partial charge >= 0.3 is 0 Å². The summed E-state index contributed by atoms with van der Waals surface area (Å²) < 4.78 is 12.4. The molecule has 198 valence electrons. The van der Waals surface area contributed by atoms with E-state index in [2.05, 4.69) is 26.1 Å². The monoisotopic (exact) mass is 506 g/mol. The Kier molecular flexibility index (Phi) is 8.63. The fourth-order valence-electron chi connectivity index (χ4n) is 3.95. The molecule has 0 saturated heterocycles. The maximum atomic E-state index is 13.5. The molecule has 2 aromatic carbocycles. The number of ether oxygens (including phenoxy) is 2. The first-order valence-electron chi connectivity index (χ1n) is 12.4. The third-order valence-corrected chi connectivity index (χ3v) is 5.89. The molecule has 0 aliphatic carbocycles. The molecular weight excluding hydrogens is 468 g/mol. The van der Waals surface area contributed by atoms with Gasteiger partial charge in [-0.1, -0.05) is 52.8 Å². The molecule has 3 aromatic rings. The summed E-state index contributed by atoms with van der Waals surface area (Å²) in [5.41, 5.74) is 2.95. The van der Waals surface area contributed by atoms with Crippen molar-refractivity contribution in [2.24, 2.45) is 5.92 Å². The van der Waals surface area contributed by atoms with Crippen LogP contribution in [-0.4, -0.2) is 53.8 Å². The summed E-state index contributed by atoms with van der Waals surface area (Å²) in [6.45, 7) is 12.6. The molecule has 0 aliphatic heterocycles. The summed E-state index contributed by atoms with van der Waals surface area (Å²) in [6, 6.07) is 14.8. The van der Waals surface area contributed by atoms with Gasteiger partial charge in [-0.25, -0.2) is 4.68 Å². The normalized spacial score (nSPS) is 11.4. The molecule has 0 atom stereocenters. The minimum atomic E-state index is -0.306. The number of aromatic nitrogens is 2. The molecule has 37 heavy (non-hydrogen) atoms. The Balaban J connectivity index is 1.91. The highest BCUT2D eigenvalue weighted by molar-refractivity contribution is 5.99. The van der Waals surface area contributed by atoms with Crippen LogP contribution >= 0.6 is 0 Å². The number of para-hydroxylation sites is 1. The van der Waals surface area contributed by atoms with E-state index in [0.29, 0.717) is 29.4 Å². The van der Waals surface area contributed by atoms with Crippen LogP contribution in [0.5, 0.6) is 11.5 Å². The van der Waals surface area contributed by atoms with Crippen LogP contribution in [-0.2, 0) is 10.2 Å². The average Bonchev–Trinajstić information content (AvgIpc) is 3.26. The first-order chi connectivity index (χ1) is 17.4. The minimum Gasteiger partial charge on any atom is -0.497 e. The SMILES string of the molecule is COc1cc(OC)cc(C(=O)N(CC(=O)Nc2cc(C(C)(C)C)nn2-c2ccccc2C)CC(C)C)c1. The maximum Gasteiger partial charge on any atom is 0.254 e. The van der Waals surface area contributed by atoms with E-state index in [9.17, 15) is 9.59 Å². The van der Waals surface area contributed by atoms with Crippen molar-refractivity contribution in [2.45, 2.75) is 47.0 Å². The zero-order valence-corrected chi connectivity index (χ0v) is 23.1. The molecular formula is C29H38N4O4. The van der Waals surface area contributed by atoms with Crippen LogP contribution in [0.3, 0.4) is 0 Å². The fraction of sp³-hybridized carbons (Fsp3) is 0.414. The molecule has 0 bridgehead atoms. The average molecular weight is 507 g/mol. The van der Waals surface area contributed by atoms with Crippen molar-refractivity contribution in [3.8, 4) is 17.2 Å². The molecule has 2 amide bonds. The van der Waals surface area contributed by atoms with Gasteiger partial charge in [-0.3, -0.25) is 9.59 Å². The van der Waals surface area contributed by atoms with E-state index in [1.165, 1.54) is 14.2 Å². The summed E-state index contributed by atoms with van der Waals surface area (Å²) >= 11 is 0. The summed E-state index contributed by atoms with van der Waals surface area (Å²) in [4.78, 5) is 28.4. The second-order valence-electron chi connectivity index (χ2n) is 10.6. The van der Waals surface area contributed by atoms with Gasteiger partial charge < -0.3 is 19.7 Å². The van der Waals surface area contributed by atoms with Crippen molar-refractivity contribution in [3.05, 3.63) is 65.4 Å². The second-order valence-corrected chi connectivity index (χ2v) is 10.6. The van der Waals surface area contributed by atoms with Gasteiger partial charge in [-0.15, -0.1) is 0 Å². The number of carbonyl (C=O) groups is 2. The van der Waals surface area contributed by atoms with Gasteiger partial charge in [-0.2, -0.15) is 5.10 Å². The van der Waals surface area contributed by atoms with Crippen LogP contribution in [0, 0.1) is 12.8 Å². The Hall–Kier alpha value is -3.81. The van der Waals surface area contributed by atoms with Gasteiger partial charge in [0.1, 0.15) is 23.9 Å². The van der Waals surface area contributed by atoms with Crippen LogP contribution in [0.1, 0.15) is 56.2 Å². The number of aryl methyl sites for hydroxylation is 1. The molecule has 1 aromatic heterocycles.